The van der Waals surface area contributed by atoms with Crippen molar-refractivity contribution >= 4 is 17.5 Å². The van der Waals surface area contributed by atoms with Gasteiger partial charge in [-0.05, 0) is 23.8 Å². The number of benzene rings is 1. The van der Waals surface area contributed by atoms with Gasteiger partial charge >= 0.3 is 6.03 Å². The molecule has 0 fully saturated rings. The van der Waals surface area contributed by atoms with Gasteiger partial charge < -0.3 is 16.4 Å². The molecule has 2 amide bonds. The van der Waals surface area contributed by atoms with E-state index in [0.717, 1.165) is 28.4 Å². The fraction of sp³-hybridized carbons (Fsp3) is 0.250. The summed E-state index contributed by atoms with van der Waals surface area (Å²) in [5.74, 6) is -1.32. The first kappa shape index (κ1) is 20.2. The number of carbonyl (C=O) groups is 1. The molecule has 3 rings (SSSR count). The standard InChI is InChI=1S/C20H22F2N6O/c1-20(2,3)17-16(26-19(29)25-11-12-5-4-8-24-10-12)18(23)28(27-17)15-9-13(21)6-7-14(15)22/h4-10H,11,23H2,1-3H3,(H2,25,26,29). The monoisotopic (exact) mass is 400 g/mol. The molecule has 0 saturated carbocycles. The van der Waals surface area contributed by atoms with Crippen molar-refractivity contribution < 1.29 is 13.6 Å². The molecule has 0 bridgehead atoms. The first-order valence-electron chi connectivity index (χ1n) is 8.95. The number of pyridine rings is 1. The van der Waals surface area contributed by atoms with Crippen LogP contribution < -0.4 is 16.4 Å². The molecule has 4 N–H and O–H groups in total. The highest BCUT2D eigenvalue weighted by Gasteiger charge is 2.28. The van der Waals surface area contributed by atoms with Crippen molar-refractivity contribution in [3.05, 3.63) is 65.6 Å². The minimum Gasteiger partial charge on any atom is -0.382 e. The van der Waals surface area contributed by atoms with Crippen LogP contribution in [0.2, 0.25) is 0 Å². The van der Waals surface area contributed by atoms with Crippen LogP contribution in [0.5, 0.6) is 0 Å². The maximum Gasteiger partial charge on any atom is 0.319 e. The molecule has 0 aliphatic heterocycles. The predicted molar refractivity (Wildman–Crippen MR) is 107 cm³/mol. The number of amides is 2. The van der Waals surface area contributed by atoms with Gasteiger partial charge in [0.15, 0.2) is 5.82 Å². The molecule has 0 aliphatic rings. The van der Waals surface area contributed by atoms with Crippen LogP contribution in [0.15, 0.2) is 42.7 Å². The number of nitrogens with one attached hydrogen (secondary N) is 2. The lowest BCUT2D eigenvalue weighted by molar-refractivity contribution is 0.251. The van der Waals surface area contributed by atoms with Crippen molar-refractivity contribution in [3.63, 3.8) is 0 Å². The summed E-state index contributed by atoms with van der Waals surface area (Å²) in [6, 6.07) is 6.09. The molecular weight excluding hydrogens is 378 g/mol. The van der Waals surface area contributed by atoms with Crippen molar-refractivity contribution in [1.82, 2.24) is 20.1 Å². The van der Waals surface area contributed by atoms with Crippen LogP contribution in [0, 0.1) is 11.6 Å². The molecule has 0 atom stereocenters. The molecule has 0 aliphatic carbocycles. The van der Waals surface area contributed by atoms with Gasteiger partial charge in [-0.1, -0.05) is 26.8 Å². The average Bonchev–Trinajstić information content (AvgIpc) is 2.99. The predicted octanol–water partition coefficient (Wildman–Crippen LogP) is 3.75. The number of rotatable bonds is 4. The highest BCUT2D eigenvalue weighted by Crippen LogP contribution is 2.35. The second kappa shape index (κ2) is 7.86. The van der Waals surface area contributed by atoms with Crippen LogP contribution in [0.25, 0.3) is 5.69 Å². The molecule has 3 aromatic rings. The van der Waals surface area contributed by atoms with Gasteiger partial charge in [-0.2, -0.15) is 5.10 Å². The Bertz CT molecular complexity index is 1030. The lowest BCUT2D eigenvalue weighted by atomic mass is 9.91. The molecule has 9 heteroatoms. The van der Waals surface area contributed by atoms with E-state index >= 15 is 0 Å². The Hall–Kier alpha value is -3.49. The Morgan fingerprint density at radius 3 is 2.66 bits per heavy atom. The lowest BCUT2D eigenvalue weighted by Crippen LogP contribution is -2.29. The molecule has 7 nitrogen and oxygen atoms in total. The van der Waals surface area contributed by atoms with Crippen LogP contribution >= 0.6 is 0 Å². The maximum atomic E-state index is 14.3. The van der Waals surface area contributed by atoms with Crippen LogP contribution in [0.4, 0.5) is 25.1 Å². The number of nitrogen functional groups attached to an aromatic ring is 1. The van der Waals surface area contributed by atoms with Gasteiger partial charge in [-0.25, -0.2) is 18.3 Å². The second-order valence-corrected chi connectivity index (χ2v) is 7.54. The van der Waals surface area contributed by atoms with Crippen molar-refractivity contribution in [3.8, 4) is 5.69 Å². The van der Waals surface area contributed by atoms with Crippen molar-refractivity contribution in [2.24, 2.45) is 0 Å². The highest BCUT2D eigenvalue weighted by atomic mass is 19.1. The Kier molecular flexibility index (Phi) is 5.49. The molecule has 0 saturated heterocycles. The van der Waals surface area contributed by atoms with E-state index in [4.69, 9.17) is 5.73 Å². The van der Waals surface area contributed by atoms with E-state index in [2.05, 4.69) is 20.7 Å². The summed E-state index contributed by atoms with van der Waals surface area (Å²) in [5, 5.41) is 9.75. The van der Waals surface area contributed by atoms with Crippen LogP contribution in [-0.4, -0.2) is 20.8 Å². The maximum absolute atomic E-state index is 14.3. The number of anilines is 2. The normalized spacial score (nSPS) is 11.3. The van der Waals surface area contributed by atoms with Gasteiger partial charge in [-0.15, -0.1) is 0 Å². The van der Waals surface area contributed by atoms with Gasteiger partial charge in [0, 0.05) is 30.4 Å². The molecular formula is C20H22F2N6O. The van der Waals surface area contributed by atoms with E-state index in [-0.39, 0.29) is 23.7 Å². The molecule has 2 heterocycles. The summed E-state index contributed by atoms with van der Waals surface area (Å²) >= 11 is 0. The van der Waals surface area contributed by atoms with E-state index in [1.54, 1.807) is 18.5 Å². The zero-order chi connectivity index (χ0) is 21.2. The van der Waals surface area contributed by atoms with E-state index in [1.807, 2.05) is 26.8 Å². The second-order valence-electron chi connectivity index (χ2n) is 7.54. The molecule has 0 unspecified atom stereocenters. The molecule has 152 valence electrons. The van der Waals surface area contributed by atoms with E-state index in [9.17, 15) is 13.6 Å². The van der Waals surface area contributed by atoms with Crippen molar-refractivity contribution in [2.45, 2.75) is 32.7 Å². The molecule has 0 radical (unpaired) electrons. The Morgan fingerprint density at radius 1 is 1.24 bits per heavy atom. The number of carbonyl (C=O) groups excluding carboxylic acids is 1. The third kappa shape index (κ3) is 4.50. The number of hydrogen-bond acceptors (Lipinski definition) is 4. The minimum absolute atomic E-state index is 0.00375. The minimum atomic E-state index is -0.686. The fourth-order valence-corrected chi connectivity index (χ4v) is 2.75. The highest BCUT2D eigenvalue weighted by molar-refractivity contribution is 5.93. The van der Waals surface area contributed by atoms with E-state index in [0.29, 0.717) is 5.69 Å². The number of aromatic nitrogens is 3. The Balaban J connectivity index is 1.92. The number of nitrogens with zero attached hydrogens (tertiary/aromatic N) is 3. The largest absolute Gasteiger partial charge is 0.382 e. The molecule has 0 spiro atoms. The Morgan fingerprint density at radius 2 is 2.00 bits per heavy atom. The van der Waals surface area contributed by atoms with Crippen LogP contribution in [0.3, 0.4) is 0 Å². The van der Waals surface area contributed by atoms with Crippen molar-refractivity contribution in [2.75, 3.05) is 11.1 Å². The van der Waals surface area contributed by atoms with Crippen LogP contribution in [0.1, 0.15) is 32.0 Å². The van der Waals surface area contributed by atoms with Crippen LogP contribution in [-0.2, 0) is 12.0 Å². The smallest absolute Gasteiger partial charge is 0.319 e. The zero-order valence-electron chi connectivity index (χ0n) is 16.3. The quantitative estimate of drug-likeness (QED) is 0.621. The van der Waals surface area contributed by atoms with Gasteiger partial charge in [0.2, 0.25) is 0 Å². The Labute approximate surface area is 166 Å². The number of halogens is 2. The van der Waals surface area contributed by atoms with Gasteiger partial charge in [-0.3, -0.25) is 4.98 Å². The van der Waals surface area contributed by atoms with Gasteiger partial charge in [0.05, 0.1) is 5.69 Å². The lowest BCUT2D eigenvalue weighted by Gasteiger charge is -2.18. The number of urea groups is 1. The summed E-state index contributed by atoms with van der Waals surface area (Å²) in [6.07, 6.45) is 3.28. The fourth-order valence-electron chi connectivity index (χ4n) is 2.75. The van der Waals surface area contributed by atoms with E-state index in [1.165, 1.54) is 0 Å². The average molecular weight is 400 g/mol. The first-order chi connectivity index (χ1) is 13.7. The van der Waals surface area contributed by atoms with Crippen molar-refractivity contribution in [1.29, 1.82) is 0 Å². The summed E-state index contributed by atoms with van der Waals surface area (Å²) < 4.78 is 29.0. The third-order valence-corrected chi connectivity index (χ3v) is 4.18. The zero-order valence-corrected chi connectivity index (χ0v) is 16.3. The molecule has 2 aromatic heterocycles. The van der Waals surface area contributed by atoms with Gasteiger partial charge in [0.1, 0.15) is 23.0 Å². The first-order valence-corrected chi connectivity index (χ1v) is 8.95. The van der Waals surface area contributed by atoms with Gasteiger partial charge in [0.25, 0.3) is 0 Å². The van der Waals surface area contributed by atoms with E-state index < -0.39 is 23.1 Å². The summed E-state index contributed by atoms with van der Waals surface area (Å²) in [6.45, 7) is 5.89. The summed E-state index contributed by atoms with van der Waals surface area (Å²) in [4.78, 5) is 16.4. The topological polar surface area (TPSA) is 97.9 Å². The molecule has 29 heavy (non-hydrogen) atoms. The molecule has 1 aromatic carbocycles. The number of hydrogen-bond donors (Lipinski definition) is 3. The SMILES string of the molecule is CC(C)(C)c1nn(-c2cc(F)ccc2F)c(N)c1NC(=O)NCc1cccnc1. The summed E-state index contributed by atoms with van der Waals surface area (Å²) in [5.41, 5.74) is 7.01. The number of nitrogens with two attached hydrogens (primary N) is 1. The summed E-state index contributed by atoms with van der Waals surface area (Å²) in [7, 11) is 0. The third-order valence-electron chi connectivity index (χ3n) is 4.18.